The van der Waals surface area contributed by atoms with Crippen LogP contribution in [0.2, 0.25) is 0 Å². The third-order valence-electron chi connectivity index (χ3n) is 5.78. The van der Waals surface area contributed by atoms with Gasteiger partial charge in [0.1, 0.15) is 5.82 Å². The Kier molecular flexibility index (Phi) is 6.40. The first kappa shape index (κ1) is 20.5. The average molecular weight is 411 g/mol. The highest BCUT2D eigenvalue weighted by Crippen LogP contribution is 2.28. The monoisotopic (exact) mass is 411 g/mol. The normalized spacial score (nSPS) is 20.9. The second-order valence-electron chi connectivity index (χ2n) is 7.68. The fourth-order valence-corrected chi connectivity index (χ4v) is 4.15. The number of amides is 2. The van der Waals surface area contributed by atoms with Gasteiger partial charge in [0.25, 0.3) is 0 Å². The number of benzene rings is 2. The maximum atomic E-state index is 14.1. The maximum Gasteiger partial charge on any atom is 0.227 e. The van der Waals surface area contributed by atoms with E-state index >= 15 is 0 Å². The molecule has 2 amide bonds. The molecular formula is C23H26FN3O3. The Morgan fingerprint density at radius 2 is 1.80 bits per heavy atom. The number of nitrogens with one attached hydrogen (secondary N) is 1. The summed E-state index contributed by atoms with van der Waals surface area (Å²) in [5, 5.41) is 3.03. The second kappa shape index (κ2) is 9.36. The summed E-state index contributed by atoms with van der Waals surface area (Å²) in [5.41, 5.74) is 1.36. The first-order valence-corrected chi connectivity index (χ1v) is 10.3. The highest BCUT2D eigenvalue weighted by molar-refractivity contribution is 6.00. The van der Waals surface area contributed by atoms with E-state index in [1.54, 1.807) is 18.2 Å². The Morgan fingerprint density at radius 1 is 1.10 bits per heavy atom. The minimum atomic E-state index is -0.488. The quantitative estimate of drug-likeness (QED) is 0.793. The van der Waals surface area contributed by atoms with E-state index in [0.717, 1.165) is 18.7 Å². The van der Waals surface area contributed by atoms with Crippen LogP contribution < -0.4 is 10.2 Å². The average Bonchev–Trinajstić information content (AvgIpc) is 3.17. The molecule has 0 aromatic heterocycles. The fraction of sp³-hybridized carbons (Fsp3) is 0.391. The molecular weight excluding hydrogens is 385 g/mol. The summed E-state index contributed by atoms with van der Waals surface area (Å²) in [6.07, 6.45) is 0.0910. The molecule has 2 fully saturated rings. The number of halogens is 1. The first-order valence-electron chi connectivity index (χ1n) is 10.3. The van der Waals surface area contributed by atoms with E-state index < -0.39 is 11.7 Å². The minimum absolute atomic E-state index is 0.0406. The molecule has 0 aliphatic carbocycles. The molecule has 7 heteroatoms. The molecule has 158 valence electrons. The molecule has 0 bridgehead atoms. The van der Waals surface area contributed by atoms with Crippen LogP contribution in [-0.2, 0) is 14.3 Å². The Morgan fingerprint density at radius 3 is 2.53 bits per heavy atom. The SMILES string of the molecule is O=C(NC[C@H](c1ccccc1)N1CCOCC1)[C@H]1CC(=O)N(c2ccccc2F)C1. The third-order valence-corrected chi connectivity index (χ3v) is 5.78. The lowest BCUT2D eigenvalue weighted by molar-refractivity contribution is -0.126. The lowest BCUT2D eigenvalue weighted by Gasteiger charge is -2.35. The summed E-state index contributed by atoms with van der Waals surface area (Å²) in [4.78, 5) is 28.9. The van der Waals surface area contributed by atoms with Gasteiger partial charge in [0.05, 0.1) is 30.9 Å². The van der Waals surface area contributed by atoms with Crippen LogP contribution in [0.4, 0.5) is 10.1 Å². The van der Waals surface area contributed by atoms with Crippen molar-refractivity contribution in [3.8, 4) is 0 Å². The van der Waals surface area contributed by atoms with Gasteiger partial charge in [0, 0.05) is 32.6 Å². The highest BCUT2D eigenvalue weighted by Gasteiger charge is 2.36. The van der Waals surface area contributed by atoms with Crippen molar-refractivity contribution < 1.29 is 18.7 Å². The first-order chi connectivity index (χ1) is 14.6. The molecule has 30 heavy (non-hydrogen) atoms. The summed E-state index contributed by atoms with van der Waals surface area (Å²) in [7, 11) is 0. The van der Waals surface area contributed by atoms with Crippen LogP contribution >= 0.6 is 0 Å². The van der Waals surface area contributed by atoms with Crippen molar-refractivity contribution in [2.45, 2.75) is 12.5 Å². The van der Waals surface area contributed by atoms with E-state index in [1.807, 2.05) is 18.2 Å². The van der Waals surface area contributed by atoms with Crippen LogP contribution in [0.1, 0.15) is 18.0 Å². The smallest absolute Gasteiger partial charge is 0.227 e. The van der Waals surface area contributed by atoms with E-state index in [2.05, 4.69) is 22.3 Å². The summed E-state index contributed by atoms with van der Waals surface area (Å²) in [6.45, 7) is 3.60. The molecule has 0 saturated carbocycles. The highest BCUT2D eigenvalue weighted by atomic mass is 19.1. The van der Waals surface area contributed by atoms with Crippen molar-refractivity contribution in [1.82, 2.24) is 10.2 Å². The predicted molar refractivity (Wildman–Crippen MR) is 111 cm³/mol. The zero-order valence-electron chi connectivity index (χ0n) is 16.8. The van der Waals surface area contributed by atoms with Crippen molar-refractivity contribution in [2.24, 2.45) is 5.92 Å². The summed E-state index contributed by atoms with van der Waals surface area (Å²) in [6, 6.07) is 16.3. The molecule has 2 aliphatic rings. The molecule has 0 unspecified atom stereocenters. The number of nitrogens with zero attached hydrogens (tertiary/aromatic N) is 2. The van der Waals surface area contributed by atoms with E-state index in [0.29, 0.717) is 19.8 Å². The van der Waals surface area contributed by atoms with Gasteiger partial charge < -0.3 is 15.0 Å². The number of rotatable bonds is 6. The van der Waals surface area contributed by atoms with Gasteiger partial charge in [0.2, 0.25) is 11.8 Å². The Labute approximate surface area is 175 Å². The van der Waals surface area contributed by atoms with Crippen molar-refractivity contribution >= 4 is 17.5 Å². The topological polar surface area (TPSA) is 61.9 Å². The van der Waals surface area contributed by atoms with Crippen LogP contribution in [0.15, 0.2) is 54.6 Å². The number of para-hydroxylation sites is 1. The van der Waals surface area contributed by atoms with Gasteiger partial charge in [-0.05, 0) is 17.7 Å². The predicted octanol–water partition coefficient (Wildman–Crippen LogP) is 2.37. The summed E-state index contributed by atoms with van der Waals surface area (Å²) >= 11 is 0. The molecule has 2 aromatic carbocycles. The zero-order valence-corrected chi connectivity index (χ0v) is 16.8. The molecule has 2 aliphatic heterocycles. The zero-order chi connectivity index (χ0) is 20.9. The van der Waals surface area contributed by atoms with Gasteiger partial charge in [-0.15, -0.1) is 0 Å². The third kappa shape index (κ3) is 4.52. The molecule has 2 aromatic rings. The molecule has 2 saturated heterocycles. The van der Waals surface area contributed by atoms with Crippen LogP contribution in [-0.4, -0.2) is 56.1 Å². The van der Waals surface area contributed by atoms with Crippen LogP contribution in [0, 0.1) is 11.7 Å². The second-order valence-corrected chi connectivity index (χ2v) is 7.68. The number of hydrogen-bond acceptors (Lipinski definition) is 4. The largest absolute Gasteiger partial charge is 0.379 e. The van der Waals surface area contributed by atoms with E-state index in [-0.39, 0.29) is 36.5 Å². The number of carbonyl (C=O) groups is 2. The number of morpholine rings is 1. The van der Waals surface area contributed by atoms with Crippen molar-refractivity contribution in [3.05, 3.63) is 66.0 Å². The molecule has 6 nitrogen and oxygen atoms in total. The lowest BCUT2D eigenvalue weighted by atomic mass is 10.0. The maximum absolute atomic E-state index is 14.1. The molecule has 0 radical (unpaired) electrons. The standard InChI is InChI=1S/C23H26FN3O3/c24-19-8-4-5-9-20(19)27-16-18(14-22(27)28)23(29)25-15-21(17-6-2-1-3-7-17)26-10-12-30-13-11-26/h1-9,18,21H,10-16H2,(H,25,29)/t18-,21+/m0/s1. The molecule has 2 atom stereocenters. The van der Waals surface area contributed by atoms with Crippen LogP contribution in [0.25, 0.3) is 0 Å². The van der Waals surface area contributed by atoms with Gasteiger partial charge in [-0.3, -0.25) is 14.5 Å². The van der Waals surface area contributed by atoms with E-state index in [9.17, 15) is 14.0 Å². The Hall–Kier alpha value is -2.77. The molecule has 2 heterocycles. The number of carbonyl (C=O) groups excluding carboxylic acids is 2. The van der Waals surface area contributed by atoms with Gasteiger partial charge in [-0.25, -0.2) is 4.39 Å². The Bertz CT molecular complexity index is 886. The van der Waals surface area contributed by atoms with Crippen LogP contribution in [0.3, 0.4) is 0 Å². The van der Waals surface area contributed by atoms with Gasteiger partial charge >= 0.3 is 0 Å². The number of ether oxygens (including phenoxy) is 1. The van der Waals surface area contributed by atoms with Crippen molar-refractivity contribution in [3.63, 3.8) is 0 Å². The fourth-order valence-electron chi connectivity index (χ4n) is 4.15. The van der Waals surface area contributed by atoms with Crippen molar-refractivity contribution in [1.29, 1.82) is 0 Å². The van der Waals surface area contributed by atoms with E-state index in [4.69, 9.17) is 4.74 Å². The van der Waals surface area contributed by atoms with Crippen molar-refractivity contribution in [2.75, 3.05) is 44.3 Å². The summed E-state index contributed by atoms with van der Waals surface area (Å²) < 4.78 is 19.5. The van der Waals surface area contributed by atoms with Gasteiger partial charge in [-0.1, -0.05) is 42.5 Å². The minimum Gasteiger partial charge on any atom is -0.379 e. The lowest BCUT2D eigenvalue weighted by Crippen LogP contribution is -2.45. The summed E-state index contributed by atoms with van der Waals surface area (Å²) in [5.74, 6) is -1.34. The van der Waals surface area contributed by atoms with E-state index in [1.165, 1.54) is 11.0 Å². The molecule has 4 rings (SSSR count). The number of hydrogen-bond donors (Lipinski definition) is 1. The Balaban J connectivity index is 1.41. The van der Waals surface area contributed by atoms with Gasteiger partial charge in [-0.2, -0.15) is 0 Å². The van der Waals surface area contributed by atoms with Crippen LogP contribution in [0.5, 0.6) is 0 Å². The van der Waals surface area contributed by atoms with Gasteiger partial charge in [0.15, 0.2) is 0 Å². The molecule has 1 N–H and O–H groups in total. The number of anilines is 1. The molecule has 0 spiro atoms.